The van der Waals surface area contributed by atoms with Crippen LogP contribution in [-0.4, -0.2) is 12.7 Å². The Balaban J connectivity index is 2.10. The van der Waals surface area contributed by atoms with Crippen LogP contribution in [0.1, 0.15) is 13.3 Å². The summed E-state index contributed by atoms with van der Waals surface area (Å²) in [4.78, 5) is 0. The predicted octanol–water partition coefficient (Wildman–Crippen LogP) is 4.17. The number of rotatable bonds is 4. The summed E-state index contributed by atoms with van der Waals surface area (Å²) < 4.78 is 13.8. The third kappa shape index (κ3) is 2.37. The summed E-state index contributed by atoms with van der Waals surface area (Å²) in [6, 6.07) is 31.4. The molecule has 1 saturated heterocycles. The molecule has 0 spiro atoms. The van der Waals surface area contributed by atoms with Crippen LogP contribution in [0.4, 0.5) is 0 Å². The van der Waals surface area contributed by atoms with Crippen LogP contribution in [0.25, 0.3) is 0 Å². The van der Waals surface area contributed by atoms with E-state index >= 15 is 0 Å². The Labute approximate surface area is 149 Å². The van der Waals surface area contributed by atoms with Gasteiger partial charge >= 0.3 is 149 Å². The molecule has 0 saturated carbocycles. The Morgan fingerprint density at radius 1 is 0.720 bits per heavy atom. The Hall–Kier alpha value is -1.99. The quantitative estimate of drug-likeness (QED) is 0.658. The summed E-state index contributed by atoms with van der Waals surface area (Å²) >= 11 is 0. The van der Waals surface area contributed by atoms with Crippen molar-refractivity contribution in [3.05, 3.63) is 91.0 Å². The Kier molecular flexibility index (Phi) is 4.21. The molecule has 128 valence electrons. The van der Waals surface area contributed by atoms with Crippen molar-refractivity contribution in [2.75, 3.05) is 6.61 Å². The summed E-state index contributed by atoms with van der Waals surface area (Å²) in [5.41, 5.74) is 0. The van der Waals surface area contributed by atoms with E-state index in [4.69, 9.17) is 9.05 Å². The van der Waals surface area contributed by atoms with Crippen LogP contribution in [0.2, 0.25) is 0 Å². The second-order valence-electron chi connectivity index (χ2n) is 6.40. The molecule has 1 atom stereocenters. The van der Waals surface area contributed by atoms with Gasteiger partial charge in [0.15, 0.2) is 0 Å². The first-order valence-electron chi connectivity index (χ1n) is 8.82. The van der Waals surface area contributed by atoms with Gasteiger partial charge in [0.05, 0.1) is 0 Å². The zero-order valence-corrected chi connectivity index (χ0v) is 15.3. The number of hydrogen-bond donors (Lipinski definition) is 0. The molecule has 0 radical (unpaired) electrons. The summed E-state index contributed by atoms with van der Waals surface area (Å²) in [6.07, 6.45) is 1.03. The third-order valence-corrected chi connectivity index (χ3v) is 10.0. The Morgan fingerprint density at radius 2 is 1.12 bits per heavy atom. The van der Waals surface area contributed by atoms with E-state index < -0.39 is 7.06 Å². The van der Waals surface area contributed by atoms with Crippen LogP contribution in [-0.2, 0) is 9.05 Å². The van der Waals surface area contributed by atoms with Crippen LogP contribution in [0.15, 0.2) is 91.0 Å². The van der Waals surface area contributed by atoms with E-state index in [0.29, 0.717) is 6.61 Å². The van der Waals surface area contributed by atoms with E-state index in [1.165, 1.54) is 0 Å². The van der Waals surface area contributed by atoms with Crippen molar-refractivity contribution in [1.82, 2.24) is 0 Å². The molecule has 0 aliphatic carbocycles. The first-order chi connectivity index (χ1) is 12.3. The molecule has 1 aliphatic heterocycles. The third-order valence-electron chi connectivity index (χ3n) is 4.99. The number of benzene rings is 3. The van der Waals surface area contributed by atoms with Crippen LogP contribution in [0.5, 0.6) is 0 Å². The number of hydrogen-bond acceptors (Lipinski definition) is 2. The summed E-state index contributed by atoms with van der Waals surface area (Å²) in [5.74, 6) is 0. The van der Waals surface area contributed by atoms with Crippen LogP contribution in [0, 0.1) is 0 Å². The molecule has 0 aromatic heterocycles. The molecule has 1 aliphatic rings. The molecule has 1 unspecified atom stereocenters. The van der Waals surface area contributed by atoms with Crippen molar-refractivity contribution in [3.63, 3.8) is 0 Å². The van der Waals surface area contributed by atoms with Gasteiger partial charge in [-0.05, 0) is 0 Å². The van der Waals surface area contributed by atoms with Crippen LogP contribution < -0.4 is 15.9 Å². The van der Waals surface area contributed by atoms with Crippen LogP contribution >= 0.6 is 7.06 Å². The Bertz CT molecular complexity index is 734. The molecule has 2 nitrogen and oxygen atoms in total. The average Bonchev–Trinajstić information content (AvgIpc) is 3.13. The van der Waals surface area contributed by atoms with Gasteiger partial charge in [0, 0.05) is 0 Å². The molecule has 0 amide bonds. The average molecular weight is 350 g/mol. The molecule has 1 heterocycles. The maximum atomic E-state index is 6.95. The van der Waals surface area contributed by atoms with Gasteiger partial charge in [-0.1, -0.05) is 0 Å². The molecule has 3 aromatic carbocycles. The normalized spacial score (nSPS) is 22.8. The summed E-state index contributed by atoms with van der Waals surface area (Å²) in [5, 5.41) is 3.38. The van der Waals surface area contributed by atoms with Gasteiger partial charge in [0.1, 0.15) is 0 Å². The fourth-order valence-corrected chi connectivity index (χ4v) is 8.85. The predicted molar refractivity (Wildman–Crippen MR) is 106 cm³/mol. The molecule has 3 aromatic rings. The standard InChI is InChI=1S/C22H23O2P/c1-2-19-18-23-25(24-19,20-12-6-3-7-13-20,21-14-8-4-9-15-21)22-16-10-5-11-17-22/h3-17,19H,2,18H2,1H3. The van der Waals surface area contributed by atoms with E-state index in [-0.39, 0.29) is 6.10 Å². The first-order valence-corrected chi connectivity index (χ1v) is 10.9. The maximum absolute atomic E-state index is 6.95. The first kappa shape index (κ1) is 16.5. The summed E-state index contributed by atoms with van der Waals surface area (Å²) in [7, 11) is -3.40. The minimum absolute atomic E-state index is 0.0956. The van der Waals surface area contributed by atoms with E-state index in [1.54, 1.807) is 0 Å². The molecule has 3 heteroatoms. The van der Waals surface area contributed by atoms with Crippen molar-refractivity contribution in [2.24, 2.45) is 0 Å². The van der Waals surface area contributed by atoms with Gasteiger partial charge in [-0.15, -0.1) is 0 Å². The van der Waals surface area contributed by atoms with Crippen molar-refractivity contribution in [2.45, 2.75) is 19.4 Å². The van der Waals surface area contributed by atoms with Gasteiger partial charge in [-0.2, -0.15) is 0 Å². The molecular formula is C22H23O2P. The molecule has 0 N–H and O–H groups in total. The van der Waals surface area contributed by atoms with Gasteiger partial charge in [0.25, 0.3) is 0 Å². The van der Waals surface area contributed by atoms with E-state index in [2.05, 4.69) is 79.7 Å². The molecule has 25 heavy (non-hydrogen) atoms. The fraction of sp³-hybridized carbons (Fsp3) is 0.182. The van der Waals surface area contributed by atoms with Gasteiger partial charge in [-0.3, -0.25) is 0 Å². The zero-order valence-electron chi connectivity index (χ0n) is 14.4. The molecule has 4 rings (SSSR count). The van der Waals surface area contributed by atoms with Crippen molar-refractivity contribution in [1.29, 1.82) is 0 Å². The van der Waals surface area contributed by atoms with Crippen molar-refractivity contribution >= 4 is 23.0 Å². The summed E-state index contributed by atoms with van der Waals surface area (Å²) in [6.45, 7) is 2.78. The molecule has 0 bridgehead atoms. The second kappa shape index (κ2) is 6.38. The van der Waals surface area contributed by atoms with Gasteiger partial charge in [-0.25, -0.2) is 0 Å². The van der Waals surface area contributed by atoms with Crippen LogP contribution in [0.3, 0.4) is 0 Å². The zero-order chi connectivity index (χ0) is 17.2. The SMILES string of the molecule is CCC1COP(c2ccccc2)(c2ccccc2)(c2ccccc2)O1. The second-order valence-corrected chi connectivity index (χ2v) is 10.3. The van der Waals surface area contributed by atoms with Gasteiger partial charge < -0.3 is 0 Å². The fourth-order valence-electron chi connectivity index (χ4n) is 3.71. The van der Waals surface area contributed by atoms with Crippen molar-refractivity contribution in [3.8, 4) is 0 Å². The minimum atomic E-state index is -3.40. The van der Waals surface area contributed by atoms with E-state index in [1.807, 2.05) is 18.2 Å². The van der Waals surface area contributed by atoms with E-state index in [9.17, 15) is 0 Å². The Morgan fingerprint density at radius 3 is 1.44 bits per heavy atom. The van der Waals surface area contributed by atoms with Gasteiger partial charge in [0.2, 0.25) is 0 Å². The topological polar surface area (TPSA) is 18.5 Å². The van der Waals surface area contributed by atoms with Crippen molar-refractivity contribution < 1.29 is 9.05 Å². The van der Waals surface area contributed by atoms with E-state index in [0.717, 1.165) is 22.3 Å². The molecule has 1 fully saturated rings. The monoisotopic (exact) mass is 350 g/mol. The molecular weight excluding hydrogens is 327 g/mol.